The van der Waals surface area contributed by atoms with Gasteiger partial charge in [0.15, 0.2) is 0 Å². The number of carbonyl (C=O) groups excluding carboxylic acids is 1. The zero-order valence-corrected chi connectivity index (χ0v) is 13.7. The zero-order valence-electron chi connectivity index (χ0n) is 12.1. The highest BCUT2D eigenvalue weighted by molar-refractivity contribution is 9.10. The maximum Gasteiger partial charge on any atom is 0.259 e. The minimum absolute atomic E-state index is 0.148. The average Bonchev–Trinajstić information content (AvgIpc) is 2.51. The number of carbonyl (C=O) groups is 1. The van der Waals surface area contributed by atoms with Gasteiger partial charge in [0.1, 0.15) is 0 Å². The first-order valence-corrected chi connectivity index (χ1v) is 7.52. The van der Waals surface area contributed by atoms with Crippen LogP contribution in [0.1, 0.15) is 12.5 Å². The van der Waals surface area contributed by atoms with Crippen LogP contribution in [0.4, 0.5) is 11.4 Å². The summed E-state index contributed by atoms with van der Waals surface area (Å²) in [4.78, 5) is 11.8. The van der Waals surface area contributed by atoms with Crippen molar-refractivity contribution < 1.29 is 4.79 Å². The minimum atomic E-state index is -0.213. The maximum absolute atomic E-state index is 11.8. The van der Waals surface area contributed by atoms with Crippen LogP contribution in [0.5, 0.6) is 0 Å². The molecule has 0 saturated carbocycles. The van der Waals surface area contributed by atoms with Gasteiger partial charge in [-0.3, -0.25) is 4.79 Å². The Labute approximate surface area is 137 Å². The predicted octanol–water partition coefficient (Wildman–Crippen LogP) is 2.98. The lowest BCUT2D eigenvalue weighted by atomic mass is 10.1. The average molecular weight is 361 g/mol. The van der Waals surface area contributed by atoms with Crippen molar-refractivity contribution in [1.29, 1.82) is 0 Å². The summed E-state index contributed by atoms with van der Waals surface area (Å²) in [6.45, 7) is 1.97. The van der Waals surface area contributed by atoms with Gasteiger partial charge in [0.25, 0.3) is 5.91 Å². The summed E-state index contributed by atoms with van der Waals surface area (Å²) in [6, 6.07) is 14.9. The molecule has 0 radical (unpaired) electrons. The summed E-state index contributed by atoms with van der Waals surface area (Å²) in [5.41, 5.74) is 11.3. The third kappa shape index (κ3) is 4.89. The first-order valence-electron chi connectivity index (χ1n) is 6.73. The number of nitrogens with zero attached hydrogens (tertiary/aromatic N) is 1. The van der Waals surface area contributed by atoms with Gasteiger partial charge in [-0.2, -0.15) is 5.10 Å². The van der Waals surface area contributed by atoms with E-state index in [9.17, 15) is 4.79 Å². The predicted molar refractivity (Wildman–Crippen MR) is 93.8 cm³/mol. The second-order valence-corrected chi connectivity index (χ2v) is 5.63. The molecule has 0 atom stereocenters. The van der Waals surface area contributed by atoms with Gasteiger partial charge >= 0.3 is 0 Å². The Morgan fingerprint density at radius 2 is 1.95 bits per heavy atom. The number of benzene rings is 2. The number of rotatable bonds is 5. The van der Waals surface area contributed by atoms with E-state index in [1.54, 1.807) is 12.1 Å². The number of amides is 1. The summed E-state index contributed by atoms with van der Waals surface area (Å²) < 4.78 is 0.954. The van der Waals surface area contributed by atoms with Crippen LogP contribution in [0.25, 0.3) is 0 Å². The van der Waals surface area contributed by atoms with Crippen molar-refractivity contribution in [1.82, 2.24) is 5.43 Å². The molecule has 0 spiro atoms. The van der Waals surface area contributed by atoms with E-state index in [2.05, 4.69) is 31.8 Å². The molecule has 6 heteroatoms. The van der Waals surface area contributed by atoms with Crippen LogP contribution in [0.2, 0.25) is 0 Å². The molecule has 0 aliphatic heterocycles. The lowest BCUT2D eigenvalue weighted by molar-refractivity contribution is -0.119. The van der Waals surface area contributed by atoms with E-state index in [0.29, 0.717) is 5.69 Å². The third-order valence-electron chi connectivity index (χ3n) is 2.95. The molecule has 0 aliphatic rings. The van der Waals surface area contributed by atoms with Gasteiger partial charge < -0.3 is 11.1 Å². The molecule has 2 rings (SSSR count). The zero-order chi connectivity index (χ0) is 15.9. The van der Waals surface area contributed by atoms with Crippen molar-refractivity contribution in [2.24, 2.45) is 5.10 Å². The monoisotopic (exact) mass is 360 g/mol. The van der Waals surface area contributed by atoms with Crippen molar-refractivity contribution in [3.8, 4) is 0 Å². The van der Waals surface area contributed by atoms with E-state index < -0.39 is 0 Å². The Kier molecular flexibility index (Phi) is 5.55. The molecule has 0 heterocycles. The van der Waals surface area contributed by atoms with E-state index in [4.69, 9.17) is 5.73 Å². The molecule has 4 N–H and O–H groups in total. The van der Waals surface area contributed by atoms with E-state index in [1.807, 2.05) is 43.3 Å². The van der Waals surface area contributed by atoms with Crippen LogP contribution < -0.4 is 16.5 Å². The lowest BCUT2D eigenvalue weighted by Crippen LogP contribution is -2.26. The highest BCUT2D eigenvalue weighted by atomic mass is 79.9. The molecule has 0 bridgehead atoms. The Hall–Kier alpha value is -2.34. The van der Waals surface area contributed by atoms with Gasteiger partial charge in [-0.1, -0.05) is 34.1 Å². The van der Waals surface area contributed by atoms with E-state index >= 15 is 0 Å². The van der Waals surface area contributed by atoms with E-state index in [-0.39, 0.29) is 12.5 Å². The number of anilines is 2. The van der Waals surface area contributed by atoms with Gasteiger partial charge in [0, 0.05) is 15.8 Å². The molecule has 114 valence electrons. The molecule has 22 heavy (non-hydrogen) atoms. The molecule has 1 amide bonds. The van der Waals surface area contributed by atoms with E-state index in [1.165, 1.54) is 0 Å². The molecule has 0 aromatic heterocycles. The second kappa shape index (κ2) is 7.61. The topological polar surface area (TPSA) is 79.5 Å². The summed E-state index contributed by atoms with van der Waals surface area (Å²) in [6.07, 6.45) is 0. The fraction of sp³-hybridized carbons (Fsp3) is 0.125. The summed E-state index contributed by atoms with van der Waals surface area (Å²) in [5.74, 6) is -0.213. The van der Waals surface area contributed by atoms with Crippen molar-refractivity contribution in [3.63, 3.8) is 0 Å². The fourth-order valence-corrected chi connectivity index (χ4v) is 2.15. The Morgan fingerprint density at radius 1 is 1.23 bits per heavy atom. The van der Waals surface area contributed by atoms with Crippen molar-refractivity contribution in [2.45, 2.75) is 6.92 Å². The van der Waals surface area contributed by atoms with Crippen LogP contribution >= 0.6 is 15.9 Å². The minimum Gasteiger partial charge on any atom is -0.399 e. The number of nitrogens with two attached hydrogens (primary N) is 1. The Balaban J connectivity index is 1.86. The number of hydrazone groups is 1. The summed E-state index contributed by atoms with van der Waals surface area (Å²) in [7, 11) is 0. The molecule has 0 fully saturated rings. The first-order chi connectivity index (χ1) is 10.5. The Morgan fingerprint density at radius 3 is 2.64 bits per heavy atom. The number of halogens is 1. The number of nitrogen functional groups attached to an aromatic ring is 1. The van der Waals surface area contributed by atoms with Gasteiger partial charge in [-0.25, -0.2) is 5.43 Å². The second-order valence-electron chi connectivity index (χ2n) is 4.72. The van der Waals surface area contributed by atoms with Crippen molar-refractivity contribution in [3.05, 3.63) is 58.6 Å². The highest BCUT2D eigenvalue weighted by Crippen LogP contribution is 2.15. The lowest BCUT2D eigenvalue weighted by Gasteiger charge is -2.06. The van der Waals surface area contributed by atoms with Crippen molar-refractivity contribution in [2.75, 3.05) is 17.6 Å². The molecule has 5 nitrogen and oxygen atoms in total. The van der Waals surface area contributed by atoms with Gasteiger partial charge in [-0.05, 0) is 42.8 Å². The van der Waals surface area contributed by atoms with Gasteiger partial charge in [-0.15, -0.1) is 0 Å². The van der Waals surface area contributed by atoms with Gasteiger partial charge in [0.05, 0.1) is 12.3 Å². The van der Waals surface area contributed by atoms with Crippen LogP contribution in [0, 0.1) is 0 Å². The summed E-state index contributed by atoms with van der Waals surface area (Å²) in [5, 5.41) is 7.11. The molecular formula is C16H17BrN4O. The van der Waals surface area contributed by atoms with Gasteiger partial charge in [0.2, 0.25) is 0 Å². The van der Waals surface area contributed by atoms with Crippen LogP contribution in [-0.4, -0.2) is 18.2 Å². The fourth-order valence-electron chi connectivity index (χ4n) is 1.76. The van der Waals surface area contributed by atoms with E-state index in [0.717, 1.165) is 21.4 Å². The third-order valence-corrected chi connectivity index (χ3v) is 3.45. The molecule has 2 aromatic carbocycles. The number of nitrogens with one attached hydrogen (secondary N) is 2. The molecular weight excluding hydrogens is 344 g/mol. The summed E-state index contributed by atoms with van der Waals surface area (Å²) >= 11 is 3.38. The number of hydrogen-bond donors (Lipinski definition) is 3. The highest BCUT2D eigenvalue weighted by Gasteiger charge is 2.02. The smallest absolute Gasteiger partial charge is 0.259 e. The quantitative estimate of drug-likeness (QED) is 0.435. The van der Waals surface area contributed by atoms with Crippen LogP contribution in [-0.2, 0) is 4.79 Å². The van der Waals surface area contributed by atoms with Crippen molar-refractivity contribution >= 4 is 38.9 Å². The molecule has 0 unspecified atom stereocenters. The van der Waals surface area contributed by atoms with Crippen LogP contribution in [0.3, 0.4) is 0 Å². The standard InChI is InChI=1S/C16H17BrN4O/c1-11(12-5-7-14(18)8-6-12)20-21-16(22)10-19-15-4-2-3-13(17)9-15/h2-9,19H,10,18H2,1H3,(H,21,22)/b20-11-. The first kappa shape index (κ1) is 16.0. The molecule has 0 aliphatic carbocycles. The molecule has 2 aromatic rings. The number of hydrogen-bond acceptors (Lipinski definition) is 4. The normalized spacial score (nSPS) is 11.1. The Bertz CT molecular complexity index is 683. The largest absolute Gasteiger partial charge is 0.399 e. The molecule has 0 saturated heterocycles. The SMILES string of the molecule is C/C(=N/NC(=O)CNc1cccc(Br)c1)c1ccc(N)cc1. The maximum atomic E-state index is 11.8. The van der Waals surface area contributed by atoms with Crippen LogP contribution in [0.15, 0.2) is 58.1 Å².